The van der Waals surface area contributed by atoms with Crippen molar-refractivity contribution in [3.05, 3.63) is 41.4 Å². The second-order valence-corrected chi connectivity index (χ2v) is 7.49. The quantitative estimate of drug-likeness (QED) is 0.882. The zero-order valence-corrected chi connectivity index (χ0v) is 13.6. The van der Waals surface area contributed by atoms with Crippen LogP contribution in [0.4, 0.5) is 0 Å². The predicted octanol–water partition coefficient (Wildman–Crippen LogP) is 0.850. The first kappa shape index (κ1) is 15.3. The van der Waals surface area contributed by atoms with E-state index in [0.717, 1.165) is 55.5 Å². The molecule has 120 valence electrons. The van der Waals surface area contributed by atoms with Crippen LogP contribution in [0.3, 0.4) is 0 Å². The third-order valence-electron chi connectivity index (χ3n) is 3.62. The van der Waals surface area contributed by atoms with E-state index in [9.17, 15) is 8.42 Å². The summed E-state index contributed by atoms with van der Waals surface area (Å²) in [6, 6.07) is 3.97. The number of hydrogen-bond donors (Lipinski definition) is 1. The smallest absolute Gasteiger partial charge is 0.209 e. The van der Waals surface area contributed by atoms with Crippen LogP contribution in [-0.2, 0) is 36.2 Å². The Morgan fingerprint density at radius 2 is 2.18 bits per heavy atom. The zero-order chi connectivity index (χ0) is 15.7. The molecule has 0 aromatic carbocycles. The highest BCUT2D eigenvalue weighted by molar-refractivity contribution is 7.88. The molecule has 7 nitrogen and oxygen atoms in total. The number of furan rings is 1. The van der Waals surface area contributed by atoms with Gasteiger partial charge in [-0.1, -0.05) is 0 Å². The molecule has 0 saturated heterocycles. The van der Waals surface area contributed by atoms with Gasteiger partial charge in [0, 0.05) is 19.3 Å². The van der Waals surface area contributed by atoms with Crippen LogP contribution in [0.5, 0.6) is 0 Å². The van der Waals surface area contributed by atoms with Crippen molar-refractivity contribution in [3.63, 3.8) is 0 Å². The van der Waals surface area contributed by atoms with E-state index in [-0.39, 0.29) is 6.54 Å². The lowest BCUT2D eigenvalue weighted by molar-refractivity contribution is 0.193. The normalized spacial score (nSPS) is 15.9. The summed E-state index contributed by atoms with van der Waals surface area (Å²) >= 11 is 0. The number of aryl methyl sites for hydroxylation is 1. The number of nitrogens with one attached hydrogen (secondary N) is 1. The summed E-state index contributed by atoms with van der Waals surface area (Å²) in [6.07, 6.45) is 3.07. The van der Waals surface area contributed by atoms with Gasteiger partial charge in [-0.3, -0.25) is 4.90 Å². The summed E-state index contributed by atoms with van der Waals surface area (Å²) in [4.78, 5) is 6.79. The minimum atomic E-state index is -3.19. The Morgan fingerprint density at radius 3 is 2.86 bits per heavy atom. The molecule has 2 aromatic rings. The summed E-state index contributed by atoms with van der Waals surface area (Å²) < 4.78 is 32.4. The van der Waals surface area contributed by atoms with Crippen LogP contribution >= 0.6 is 0 Å². The van der Waals surface area contributed by atoms with E-state index in [2.05, 4.69) is 19.2 Å². The highest BCUT2D eigenvalue weighted by Crippen LogP contribution is 2.17. The molecule has 0 aliphatic carbocycles. The maximum absolute atomic E-state index is 11.1. The lowest BCUT2D eigenvalue weighted by Crippen LogP contribution is -2.33. The summed E-state index contributed by atoms with van der Waals surface area (Å²) in [7, 11) is -3.19. The molecule has 8 heteroatoms. The Hall–Kier alpha value is -1.64. The Balaban J connectivity index is 1.64. The number of sulfonamides is 1. The molecule has 0 fully saturated rings. The highest BCUT2D eigenvalue weighted by atomic mass is 32.2. The molecule has 0 spiro atoms. The Labute approximate surface area is 130 Å². The van der Waals surface area contributed by atoms with Gasteiger partial charge in [-0.25, -0.2) is 18.1 Å². The van der Waals surface area contributed by atoms with Crippen molar-refractivity contribution in [2.75, 3.05) is 12.8 Å². The first-order chi connectivity index (χ1) is 10.4. The Kier molecular flexibility index (Phi) is 4.07. The molecule has 1 aliphatic heterocycles. The molecule has 2 aromatic heterocycles. The fourth-order valence-corrected chi connectivity index (χ4v) is 2.99. The number of imidazole rings is 1. The standard InChI is InChI=1S/C14H20N4O3S/c1-11-3-4-13(21-11)9-17-5-6-18-8-12(16-14(18)10-17)7-15-22(2,19)20/h3-4,8,15H,5-7,9-10H2,1-2H3. The summed E-state index contributed by atoms with van der Waals surface area (Å²) in [5.74, 6) is 2.83. The van der Waals surface area contributed by atoms with Crippen LogP contribution in [0, 0.1) is 6.92 Å². The van der Waals surface area contributed by atoms with Crippen LogP contribution in [0.2, 0.25) is 0 Å². The third kappa shape index (κ3) is 3.76. The average Bonchev–Trinajstić information content (AvgIpc) is 3.01. The van der Waals surface area contributed by atoms with Crippen LogP contribution in [0.25, 0.3) is 0 Å². The van der Waals surface area contributed by atoms with Crippen molar-refractivity contribution in [1.82, 2.24) is 19.2 Å². The van der Waals surface area contributed by atoms with E-state index in [1.807, 2.05) is 25.3 Å². The lowest BCUT2D eigenvalue weighted by Gasteiger charge is -2.26. The van der Waals surface area contributed by atoms with E-state index in [1.165, 1.54) is 0 Å². The third-order valence-corrected chi connectivity index (χ3v) is 4.29. The van der Waals surface area contributed by atoms with Crippen molar-refractivity contribution >= 4 is 10.0 Å². The van der Waals surface area contributed by atoms with Gasteiger partial charge in [0.2, 0.25) is 10.0 Å². The first-order valence-electron chi connectivity index (χ1n) is 7.16. The van der Waals surface area contributed by atoms with Gasteiger partial charge in [-0.2, -0.15) is 0 Å². The molecule has 1 aliphatic rings. The molecule has 3 rings (SSSR count). The average molecular weight is 324 g/mol. The SMILES string of the molecule is Cc1ccc(CN2CCn3cc(CNS(C)(=O)=O)nc3C2)o1. The van der Waals surface area contributed by atoms with Crippen LogP contribution in [-0.4, -0.2) is 35.7 Å². The van der Waals surface area contributed by atoms with Crippen molar-refractivity contribution in [1.29, 1.82) is 0 Å². The van der Waals surface area contributed by atoms with Crippen molar-refractivity contribution in [3.8, 4) is 0 Å². The van der Waals surface area contributed by atoms with Gasteiger partial charge < -0.3 is 8.98 Å². The molecule has 22 heavy (non-hydrogen) atoms. The fourth-order valence-electron chi connectivity index (χ4n) is 2.58. The van der Waals surface area contributed by atoms with Crippen molar-refractivity contribution in [2.45, 2.75) is 33.1 Å². The first-order valence-corrected chi connectivity index (χ1v) is 9.05. The second kappa shape index (κ2) is 5.86. The van der Waals surface area contributed by atoms with Crippen LogP contribution in [0.15, 0.2) is 22.7 Å². The Morgan fingerprint density at radius 1 is 1.36 bits per heavy atom. The Bertz CT molecular complexity index is 763. The molecule has 0 amide bonds. The van der Waals surface area contributed by atoms with Gasteiger partial charge in [0.1, 0.15) is 17.3 Å². The monoisotopic (exact) mass is 324 g/mol. The largest absolute Gasteiger partial charge is 0.465 e. The predicted molar refractivity (Wildman–Crippen MR) is 81.5 cm³/mol. The topological polar surface area (TPSA) is 80.4 Å². The van der Waals surface area contributed by atoms with Gasteiger partial charge in [0.25, 0.3) is 0 Å². The molecule has 3 heterocycles. The van der Waals surface area contributed by atoms with E-state index >= 15 is 0 Å². The van der Waals surface area contributed by atoms with Crippen LogP contribution < -0.4 is 4.72 Å². The van der Waals surface area contributed by atoms with Gasteiger partial charge in [0.15, 0.2) is 0 Å². The molecule has 0 saturated carbocycles. The number of hydrogen-bond acceptors (Lipinski definition) is 5. The minimum absolute atomic E-state index is 0.232. The molecule has 0 atom stereocenters. The molecular weight excluding hydrogens is 304 g/mol. The maximum atomic E-state index is 11.1. The van der Waals surface area contributed by atoms with Crippen molar-refractivity contribution in [2.24, 2.45) is 0 Å². The number of aromatic nitrogens is 2. The van der Waals surface area contributed by atoms with E-state index in [1.54, 1.807) is 0 Å². The van der Waals surface area contributed by atoms with Gasteiger partial charge in [0.05, 0.1) is 31.6 Å². The number of fused-ring (bicyclic) bond motifs is 1. The summed E-state index contributed by atoms with van der Waals surface area (Å²) in [6.45, 7) is 5.43. The second-order valence-electron chi connectivity index (χ2n) is 5.66. The molecule has 1 N–H and O–H groups in total. The van der Waals surface area contributed by atoms with E-state index in [0.29, 0.717) is 0 Å². The van der Waals surface area contributed by atoms with Gasteiger partial charge >= 0.3 is 0 Å². The van der Waals surface area contributed by atoms with Gasteiger partial charge in [-0.15, -0.1) is 0 Å². The molecule has 0 radical (unpaired) electrons. The van der Waals surface area contributed by atoms with Crippen molar-refractivity contribution < 1.29 is 12.8 Å². The van der Waals surface area contributed by atoms with Crippen LogP contribution in [0.1, 0.15) is 23.0 Å². The highest BCUT2D eigenvalue weighted by Gasteiger charge is 2.19. The number of nitrogens with zero attached hydrogens (tertiary/aromatic N) is 3. The molecular formula is C14H20N4O3S. The molecule has 0 unspecified atom stereocenters. The fraction of sp³-hybridized carbons (Fsp3) is 0.500. The van der Waals surface area contributed by atoms with E-state index < -0.39 is 10.0 Å². The zero-order valence-electron chi connectivity index (χ0n) is 12.7. The van der Waals surface area contributed by atoms with E-state index in [4.69, 9.17) is 4.42 Å². The lowest BCUT2D eigenvalue weighted by atomic mass is 10.3. The summed E-state index contributed by atoms with van der Waals surface area (Å²) in [5.41, 5.74) is 0.746. The minimum Gasteiger partial charge on any atom is -0.465 e. The van der Waals surface area contributed by atoms with Gasteiger partial charge in [-0.05, 0) is 19.1 Å². The number of rotatable bonds is 5. The summed E-state index contributed by atoms with van der Waals surface area (Å²) in [5, 5.41) is 0. The maximum Gasteiger partial charge on any atom is 0.209 e. The molecule has 0 bridgehead atoms.